The lowest BCUT2D eigenvalue weighted by Crippen LogP contribution is -2.47. The molecule has 2 amide bonds. The molecule has 1 fully saturated rings. The second-order valence-corrected chi connectivity index (χ2v) is 5.59. The maximum Gasteiger partial charge on any atom is 0.358 e. The summed E-state index contributed by atoms with van der Waals surface area (Å²) in [5.74, 6) is 0.0540. The number of nitrogens with one attached hydrogen (secondary N) is 1. The van der Waals surface area contributed by atoms with Gasteiger partial charge in [0, 0.05) is 19.6 Å². The summed E-state index contributed by atoms with van der Waals surface area (Å²) < 4.78 is 1.41. The van der Waals surface area contributed by atoms with Gasteiger partial charge in [-0.3, -0.25) is 0 Å². The third kappa shape index (κ3) is 3.93. The molecule has 0 aromatic carbocycles. The molecule has 2 atom stereocenters. The zero-order valence-electron chi connectivity index (χ0n) is 12.3. The molecule has 2 heterocycles. The Balaban J connectivity index is 1.75. The highest BCUT2D eigenvalue weighted by Crippen LogP contribution is 2.22. The summed E-state index contributed by atoms with van der Waals surface area (Å²) in [6.45, 7) is 6.72. The van der Waals surface area contributed by atoms with Gasteiger partial charge in [-0.05, 0) is 18.3 Å². The molecule has 116 valence electrons. The number of carboxylic acid groups (broad SMARTS) is 1. The number of carboxylic acids is 1. The van der Waals surface area contributed by atoms with E-state index in [-0.39, 0.29) is 11.7 Å². The summed E-state index contributed by atoms with van der Waals surface area (Å²) in [6.07, 6.45) is 2.37. The van der Waals surface area contributed by atoms with E-state index < -0.39 is 5.97 Å². The summed E-state index contributed by atoms with van der Waals surface area (Å²) in [4.78, 5) is 24.5. The van der Waals surface area contributed by atoms with Crippen LogP contribution in [-0.2, 0) is 6.54 Å². The number of hydrogen-bond acceptors (Lipinski definition) is 4. The zero-order valence-corrected chi connectivity index (χ0v) is 12.3. The Kier molecular flexibility index (Phi) is 4.77. The van der Waals surface area contributed by atoms with E-state index >= 15 is 0 Å². The van der Waals surface area contributed by atoms with Gasteiger partial charge in [0.15, 0.2) is 5.69 Å². The van der Waals surface area contributed by atoms with Gasteiger partial charge in [0.05, 0.1) is 12.7 Å². The largest absolute Gasteiger partial charge is 0.476 e. The van der Waals surface area contributed by atoms with Gasteiger partial charge in [-0.15, -0.1) is 5.10 Å². The molecule has 2 rings (SSSR count). The van der Waals surface area contributed by atoms with Crippen LogP contribution in [-0.4, -0.2) is 56.6 Å². The number of nitrogens with zero attached hydrogens (tertiary/aromatic N) is 4. The van der Waals surface area contributed by atoms with Gasteiger partial charge in [-0.2, -0.15) is 0 Å². The molecule has 1 aromatic rings. The monoisotopic (exact) mass is 295 g/mol. The Labute approximate surface area is 123 Å². The molecule has 2 unspecified atom stereocenters. The molecular formula is C13H21N5O3. The van der Waals surface area contributed by atoms with Crippen LogP contribution in [0.2, 0.25) is 0 Å². The van der Waals surface area contributed by atoms with Gasteiger partial charge >= 0.3 is 12.0 Å². The van der Waals surface area contributed by atoms with Crippen molar-refractivity contribution in [1.29, 1.82) is 0 Å². The number of aromatic carboxylic acids is 1. The van der Waals surface area contributed by atoms with Crippen molar-refractivity contribution in [2.24, 2.45) is 11.8 Å². The predicted molar refractivity (Wildman–Crippen MR) is 74.9 cm³/mol. The molecule has 0 aliphatic carbocycles. The Hall–Kier alpha value is -2.12. The molecule has 1 aromatic heterocycles. The van der Waals surface area contributed by atoms with Gasteiger partial charge < -0.3 is 15.3 Å². The Morgan fingerprint density at radius 1 is 1.43 bits per heavy atom. The molecule has 21 heavy (non-hydrogen) atoms. The number of urea groups is 1. The lowest BCUT2D eigenvalue weighted by molar-refractivity contribution is 0.0690. The van der Waals surface area contributed by atoms with Crippen LogP contribution in [0.3, 0.4) is 0 Å². The Bertz CT molecular complexity index is 516. The summed E-state index contributed by atoms with van der Waals surface area (Å²) in [6, 6.07) is -0.0766. The van der Waals surface area contributed by atoms with Gasteiger partial charge in [-0.25, -0.2) is 14.3 Å². The fourth-order valence-electron chi connectivity index (χ4n) is 2.34. The van der Waals surface area contributed by atoms with Crippen molar-refractivity contribution >= 4 is 12.0 Å². The van der Waals surface area contributed by atoms with Crippen LogP contribution >= 0.6 is 0 Å². The number of hydrogen-bond donors (Lipinski definition) is 2. The highest BCUT2D eigenvalue weighted by atomic mass is 16.4. The number of piperidine rings is 1. The molecular weight excluding hydrogens is 274 g/mol. The van der Waals surface area contributed by atoms with Crippen LogP contribution < -0.4 is 5.32 Å². The topological polar surface area (TPSA) is 100 Å². The van der Waals surface area contributed by atoms with E-state index in [4.69, 9.17) is 5.11 Å². The number of amides is 2. The van der Waals surface area contributed by atoms with Crippen molar-refractivity contribution in [1.82, 2.24) is 25.2 Å². The highest BCUT2D eigenvalue weighted by Gasteiger charge is 2.25. The van der Waals surface area contributed by atoms with Crippen LogP contribution in [0.25, 0.3) is 0 Å². The second kappa shape index (κ2) is 6.55. The number of carbonyl (C=O) groups excluding carboxylic acids is 1. The summed E-state index contributed by atoms with van der Waals surface area (Å²) >= 11 is 0. The average Bonchev–Trinajstić information content (AvgIpc) is 2.91. The number of likely N-dealkylation sites (tertiary alicyclic amines) is 1. The maximum absolute atomic E-state index is 12.0. The van der Waals surface area contributed by atoms with Crippen LogP contribution in [0.1, 0.15) is 30.8 Å². The summed E-state index contributed by atoms with van der Waals surface area (Å²) in [7, 11) is 0. The van der Waals surface area contributed by atoms with Gasteiger partial charge in [0.1, 0.15) is 0 Å². The lowest BCUT2D eigenvalue weighted by atomic mass is 9.89. The smallest absolute Gasteiger partial charge is 0.358 e. The first-order chi connectivity index (χ1) is 9.97. The van der Waals surface area contributed by atoms with Crippen molar-refractivity contribution in [3.05, 3.63) is 11.9 Å². The maximum atomic E-state index is 12.0. The molecule has 0 saturated carbocycles. The molecule has 2 N–H and O–H groups in total. The standard InChI is InChI=1S/C13H21N5O3/c1-9-3-5-17(7-10(9)2)13(21)14-4-6-18-8-11(12(19)20)15-16-18/h8-10H,3-7H2,1-2H3,(H,14,21)(H,19,20). The van der Waals surface area contributed by atoms with Gasteiger partial charge in [0.25, 0.3) is 0 Å². The quantitative estimate of drug-likeness (QED) is 0.850. The van der Waals surface area contributed by atoms with Gasteiger partial charge in [-0.1, -0.05) is 19.1 Å². The van der Waals surface area contributed by atoms with Crippen LogP contribution in [0, 0.1) is 11.8 Å². The average molecular weight is 295 g/mol. The molecule has 0 spiro atoms. The van der Waals surface area contributed by atoms with Crippen molar-refractivity contribution in [2.75, 3.05) is 19.6 Å². The molecule has 0 bridgehead atoms. The minimum Gasteiger partial charge on any atom is -0.476 e. The second-order valence-electron chi connectivity index (χ2n) is 5.59. The lowest BCUT2D eigenvalue weighted by Gasteiger charge is -2.35. The van der Waals surface area contributed by atoms with Crippen LogP contribution in [0.5, 0.6) is 0 Å². The first-order valence-electron chi connectivity index (χ1n) is 7.13. The predicted octanol–water partition coefficient (Wildman–Crippen LogP) is 0.664. The zero-order chi connectivity index (χ0) is 15.4. The minimum atomic E-state index is -1.11. The van der Waals surface area contributed by atoms with E-state index in [0.29, 0.717) is 24.9 Å². The number of aromatic nitrogens is 3. The molecule has 1 saturated heterocycles. The van der Waals surface area contributed by atoms with Gasteiger partial charge in [0.2, 0.25) is 0 Å². The number of carbonyl (C=O) groups is 2. The third-order valence-corrected chi connectivity index (χ3v) is 4.00. The van der Waals surface area contributed by atoms with E-state index in [1.165, 1.54) is 10.9 Å². The van der Waals surface area contributed by atoms with E-state index in [9.17, 15) is 9.59 Å². The van der Waals surface area contributed by atoms with E-state index in [2.05, 4.69) is 29.5 Å². The molecule has 0 radical (unpaired) electrons. The Morgan fingerprint density at radius 3 is 2.81 bits per heavy atom. The van der Waals surface area contributed by atoms with E-state index in [1.54, 1.807) is 0 Å². The number of rotatable bonds is 4. The SMILES string of the molecule is CC1CCN(C(=O)NCCn2cc(C(=O)O)nn2)CC1C. The Morgan fingerprint density at radius 2 is 2.19 bits per heavy atom. The third-order valence-electron chi connectivity index (χ3n) is 4.00. The highest BCUT2D eigenvalue weighted by molar-refractivity contribution is 5.84. The molecule has 1 aliphatic rings. The molecule has 8 nitrogen and oxygen atoms in total. The van der Waals surface area contributed by atoms with E-state index in [1.807, 2.05) is 4.90 Å². The van der Waals surface area contributed by atoms with Crippen molar-refractivity contribution < 1.29 is 14.7 Å². The fourth-order valence-corrected chi connectivity index (χ4v) is 2.34. The van der Waals surface area contributed by atoms with E-state index in [0.717, 1.165) is 19.5 Å². The van der Waals surface area contributed by atoms with Crippen molar-refractivity contribution in [3.63, 3.8) is 0 Å². The normalized spacial score (nSPS) is 22.1. The summed E-state index contributed by atoms with van der Waals surface area (Å²) in [5, 5.41) is 18.8. The minimum absolute atomic E-state index is 0.0766. The van der Waals surface area contributed by atoms with Crippen molar-refractivity contribution in [3.8, 4) is 0 Å². The fraction of sp³-hybridized carbons (Fsp3) is 0.692. The first kappa shape index (κ1) is 15.3. The van der Waals surface area contributed by atoms with Crippen LogP contribution in [0.4, 0.5) is 4.79 Å². The first-order valence-corrected chi connectivity index (χ1v) is 7.13. The van der Waals surface area contributed by atoms with Crippen LogP contribution in [0.15, 0.2) is 6.20 Å². The summed E-state index contributed by atoms with van der Waals surface area (Å²) in [5.41, 5.74) is -0.0971. The molecule has 8 heteroatoms. The molecule has 1 aliphatic heterocycles. The van der Waals surface area contributed by atoms with Crippen molar-refractivity contribution in [2.45, 2.75) is 26.8 Å².